The second-order valence-electron chi connectivity index (χ2n) is 8.38. The van der Waals surface area contributed by atoms with Gasteiger partial charge in [0.05, 0.1) is 12.9 Å². The molecular weight excluding hydrogens is 398 g/mol. The third-order valence-electron chi connectivity index (χ3n) is 4.99. The predicted octanol–water partition coefficient (Wildman–Crippen LogP) is 3.38. The van der Waals surface area contributed by atoms with Gasteiger partial charge in [-0.1, -0.05) is 58.0 Å². The molecule has 160 valence electrons. The highest BCUT2D eigenvalue weighted by Crippen LogP contribution is 2.40. The SMILES string of the molecule is CC[C@@](COS(C)(=O)=O)(O[Si](C)(C)C(C)(C)C)C(=O)NOCc1ccccc1. The Balaban J connectivity index is 3.01. The lowest BCUT2D eigenvalue weighted by Gasteiger charge is -2.44. The molecule has 1 atom stereocenters. The van der Waals surface area contributed by atoms with Crippen molar-refractivity contribution in [3.05, 3.63) is 35.9 Å². The molecule has 0 saturated heterocycles. The zero-order valence-corrected chi connectivity index (χ0v) is 19.7. The first-order valence-corrected chi connectivity index (χ1v) is 14.0. The van der Waals surface area contributed by atoms with Crippen molar-refractivity contribution in [3.63, 3.8) is 0 Å². The van der Waals surface area contributed by atoms with Gasteiger partial charge in [0.2, 0.25) is 0 Å². The minimum Gasteiger partial charge on any atom is -0.401 e. The van der Waals surface area contributed by atoms with E-state index in [2.05, 4.69) is 5.48 Å². The molecule has 0 aliphatic rings. The summed E-state index contributed by atoms with van der Waals surface area (Å²) in [7, 11) is -6.16. The minimum atomic E-state index is -3.74. The monoisotopic (exact) mass is 431 g/mol. The largest absolute Gasteiger partial charge is 0.401 e. The van der Waals surface area contributed by atoms with Gasteiger partial charge in [0.25, 0.3) is 16.0 Å². The van der Waals surface area contributed by atoms with E-state index in [9.17, 15) is 13.2 Å². The number of carbonyl (C=O) groups is 1. The molecule has 1 amide bonds. The summed E-state index contributed by atoms with van der Waals surface area (Å²) in [5.74, 6) is -0.556. The van der Waals surface area contributed by atoms with Crippen molar-refractivity contribution in [1.29, 1.82) is 0 Å². The first-order chi connectivity index (χ1) is 12.7. The van der Waals surface area contributed by atoms with Crippen LogP contribution in [0.15, 0.2) is 30.3 Å². The van der Waals surface area contributed by atoms with Gasteiger partial charge >= 0.3 is 0 Å². The number of hydroxylamine groups is 1. The summed E-state index contributed by atoms with van der Waals surface area (Å²) >= 11 is 0. The maximum atomic E-state index is 13.0. The molecule has 0 saturated carbocycles. The van der Waals surface area contributed by atoms with Crippen LogP contribution in [0.25, 0.3) is 0 Å². The van der Waals surface area contributed by atoms with Crippen molar-refractivity contribution < 1.29 is 26.7 Å². The van der Waals surface area contributed by atoms with Crippen LogP contribution in [0.1, 0.15) is 39.7 Å². The van der Waals surface area contributed by atoms with E-state index in [0.717, 1.165) is 11.8 Å². The van der Waals surface area contributed by atoms with Crippen LogP contribution in [0.4, 0.5) is 0 Å². The van der Waals surface area contributed by atoms with Crippen molar-refractivity contribution in [2.45, 2.75) is 64.5 Å². The molecule has 1 rings (SSSR count). The lowest BCUT2D eigenvalue weighted by Crippen LogP contribution is -2.59. The number of hydrogen-bond donors (Lipinski definition) is 1. The lowest BCUT2D eigenvalue weighted by atomic mass is 10.0. The van der Waals surface area contributed by atoms with Gasteiger partial charge in [0.15, 0.2) is 13.9 Å². The highest BCUT2D eigenvalue weighted by atomic mass is 32.2. The minimum absolute atomic E-state index is 0.177. The lowest BCUT2D eigenvalue weighted by molar-refractivity contribution is -0.155. The summed E-state index contributed by atoms with van der Waals surface area (Å²) in [6.07, 6.45) is 1.18. The maximum absolute atomic E-state index is 13.0. The summed E-state index contributed by atoms with van der Waals surface area (Å²) in [6.45, 7) is 11.7. The molecule has 0 bridgehead atoms. The van der Waals surface area contributed by atoms with E-state index in [1.54, 1.807) is 6.92 Å². The molecule has 1 N–H and O–H groups in total. The van der Waals surface area contributed by atoms with Crippen molar-refractivity contribution in [1.82, 2.24) is 5.48 Å². The molecule has 1 aromatic carbocycles. The first-order valence-electron chi connectivity index (χ1n) is 9.23. The number of carbonyl (C=O) groups excluding carboxylic acids is 1. The van der Waals surface area contributed by atoms with Crippen LogP contribution < -0.4 is 5.48 Å². The van der Waals surface area contributed by atoms with Crippen molar-refractivity contribution in [2.24, 2.45) is 0 Å². The highest BCUT2D eigenvalue weighted by molar-refractivity contribution is 7.85. The van der Waals surface area contributed by atoms with E-state index in [4.69, 9.17) is 13.4 Å². The molecule has 0 radical (unpaired) electrons. The average Bonchev–Trinajstić information content (AvgIpc) is 2.57. The van der Waals surface area contributed by atoms with Gasteiger partial charge in [-0.15, -0.1) is 0 Å². The zero-order chi connectivity index (χ0) is 21.6. The van der Waals surface area contributed by atoms with E-state index in [-0.39, 0.29) is 18.1 Å². The average molecular weight is 432 g/mol. The van der Waals surface area contributed by atoms with Crippen LogP contribution in [0.5, 0.6) is 0 Å². The van der Waals surface area contributed by atoms with Gasteiger partial charge in [0.1, 0.15) is 6.61 Å². The molecule has 1 aromatic rings. The van der Waals surface area contributed by atoms with E-state index >= 15 is 0 Å². The third kappa shape index (κ3) is 7.29. The molecule has 0 spiro atoms. The van der Waals surface area contributed by atoms with Crippen LogP contribution in [-0.2, 0) is 35.0 Å². The van der Waals surface area contributed by atoms with Crippen LogP contribution >= 0.6 is 0 Å². The third-order valence-corrected chi connectivity index (χ3v) is 10.1. The molecule has 0 fully saturated rings. The molecule has 0 unspecified atom stereocenters. The summed E-state index contributed by atoms with van der Waals surface area (Å²) in [4.78, 5) is 18.3. The predicted molar refractivity (Wildman–Crippen MR) is 111 cm³/mol. The van der Waals surface area contributed by atoms with Crippen molar-refractivity contribution >= 4 is 24.3 Å². The van der Waals surface area contributed by atoms with E-state index in [1.165, 1.54) is 0 Å². The Morgan fingerprint density at radius 1 is 1.14 bits per heavy atom. The second kappa shape index (κ2) is 9.49. The number of benzene rings is 1. The topological polar surface area (TPSA) is 90.9 Å². The van der Waals surface area contributed by atoms with Gasteiger partial charge in [-0.2, -0.15) is 8.42 Å². The summed E-state index contributed by atoms with van der Waals surface area (Å²) in [5.41, 5.74) is 1.84. The Morgan fingerprint density at radius 2 is 1.71 bits per heavy atom. The van der Waals surface area contributed by atoms with Crippen molar-refractivity contribution in [2.75, 3.05) is 12.9 Å². The maximum Gasteiger partial charge on any atom is 0.277 e. The van der Waals surface area contributed by atoms with Gasteiger partial charge in [-0.25, -0.2) is 5.48 Å². The number of nitrogens with one attached hydrogen (secondary N) is 1. The molecular formula is C19H33NO6SSi. The fourth-order valence-electron chi connectivity index (χ4n) is 2.17. The number of amides is 1. The fraction of sp³-hybridized carbons (Fsp3) is 0.632. The van der Waals surface area contributed by atoms with Crippen LogP contribution in [0.2, 0.25) is 18.1 Å². The Kier molecular flexibility index (Phi) is 8.40. The van der Waals surface area contributed by atoms with Gasteiger partial charge in [-0.3, -0.25) is 13.8 Å². The number of rotatable bonds is 10. The quantitative estimate of drug-likeness (QED) is 0.347. The fourth-order valence-corrected chi connectivity index (χ4v) is 4.16. The second-order valence-corrected chi connectivity index (χ2v) is 14.8. The molecule has 0 aromatic heterocycles. The summed E-state index contributed by atoms with van der Waals surface area (Å²) in [6, 6.07) is 9.38. The standard InChI is InChI=1S/C19H33NO6SSi/c1-8-19(15-25-27(5,22)23,26-28(6,7)18(2,3)4)17(21)20-24-14-16-12-10-9-11-13-16/h9-13H,8,14-15H2,1-7H3,(H,20,21)/t19-/m0/s1. The first kappa shape index (κ1) is 24.8. The van der Waals surface area contributed by atoms with E-state index < -0.39 is 36.6 Å². The Labute approximate surface area is 170 Å². The van der Waals surface area contributed by atoms with Crippen molar-refractivity contribution in [3.8, 4) is 0 Å². The summed E-state index contributed by atoms with van der Waals surface area (Å²) in [5, 5.41) is -0.177. The molecule has 0 aliphatic heterocycles. The van der Waals surface area contributed by atoms with Gasteiger partial charge in [0, 0.05) is 0 Å². The molecule has 9 heteroatoms. The van der Waals surface area contributed by atoms with Gasteiger partial charge in [-0.05, 0) is 30.1 Å². The Hall–Kier alpha value is -1.26. The smallest absolute Gasteiger partial charge is 0.277 e. The molecule has 7 nitrogen and oxygen atoms in total. The molecule has 28 heavy (non-hydrogen) atoms. The van der Waals surface area contributed by atoms with Gasteiger partial charge < -0.3 is 4.43 Å². The zero-order valence-electron chi connectivity index (χ0n) is 17.9. The molecule has 0 aliphatic carbocycles. The number of hydrogen-bond acceptors (Lipinski definition) is 6. The van der Waals surface area contributed by atoms with Crippen LogP contribution in [0.3, 0.4) is 0 Å². The normalized spacial score (nSPS) is 15.1. The van der Waals surface area contributed by atoms with Crippen LogP contribution in [0, 0.1) is 0 Å². The Bertz CT molecular complexity index is 745. The highest BCUT2D eigenvalue weighted by Gasteiger charge is 2.49. The van der Waals surface area contributed by atoms with E-state index in [1.807, 2.05) is 64.2 Å². The molecule has 0 heterocycles. The van der Waals surface area contributed by atoms with E-state index in [0.29, 0.717) is 0 Å². The Morgan fingerprint density at radius 3 is 2.18 bits per heavy atom. The summed E-state index contributed by atoms with van der Waals surface area (Å²) < 4.78 is 34.4. The van der Waals surface area contributed by atoms with Crippen LogP contribution in [-0.4, -0.2) is 41.1 Å².